The summed E-state index contributed by atoms with van der Waals surface area (Å²) in [7, 11) is 2.00. The second-order valence-corrected chi connectivity index (χ2v) is 5.67. The molecule has 1 unspecified atom stereocenters. The molecule has 1 atom stereocenters. The zero-order valence-corrected chi connectivity index (χ0v) is 11.8. The maximum absolute atomic E-state index is 4.78. The van der Waals surface area contributed by atoms with Gasteiger partial charge in [-0.2, -0.15) is 10.2 Å². The zero-order chi connectivity index (χ0) is 13.4. The third kappa shape index (κ3) is 2.25. The molecular weight excluding hydrogens is 238 g/mol. The van der Waals surface area contributed by atoms with Crippen LogP contribution in [-0.4, -0.2) is 26.1 Å². The van der Waals surface area contributed by atoms with Crippen LogP contribution in [0.3, 0.4) is 0 Å². The van der Waals surface area contributed by atoms with Gasteiger partial charge in [-0.15, -0.1) is 0 Å². The predicted octanol–water partition coefficient (Wildman–Crippen LogP) is 2.22. The molecule has 5 heteroatoms. The van der Waals surface area contributed by atoms with E-state index in [4.69, 9.17) is 5.10 Å². The number of nitrogens with zero attached hydrogens (tertiary/aromatic N) is 4. The van der Waals surface area contributed by atoms with Crippen LogP contribution in [0.15, 0.2) is 18.3 Å². The molecule has 5 nitrogen and oxygen atoms in total. The monoisotopic (exact) mass is 259 g/mol. The van der Waals surface area contributed by atoms with Crippen molar-refractivity contribution in [2.45, 2.75) is 32.7 Å². The van der Waals surface area contributed by atoms with Crippen molar-refractivity contribution < 1.29 is 0 Å². The lowest BCUT2D eigenvalue weighted by Gasteiger charge is -2.25. The topological polar surface area (TPSA) is 47.7 Å². The molecular formula is C14H21N5. The van der Waals surface area contributed by atoms with Gasteiger partial charge < -0.3 is 5.32 Å². The van der Waals surface area contributed by atoms with Gasteiger partial charge in [-0.1, -0.05) is 13.8 Å². The van der Waals surface area contributed by atoms with Crippen molar-refractivity contribution in [2.24, 2.45) is 13.0 Å². The van der Waals surface area contributed by atoms with Crippen molar-refractivity contribution in [1.82, 2.24) is 19.6 Å². The largest absolute Gasteiger partial charge is 0.370 e. The first-order valence-corrected chi connectivity index (χ1v) is 6.95. The smallest absolute Gasteiger partial charge is 0.125 e. The third-order valence-corrected chi connectivity index (χ3v) is 3.62. The summed E-state index contributed by atoms with van der Waals surface area (Å²) in [6, 6.07) is 4.57. The Bertz CT molecular complexity index is 566. The Balaban J connectivity index is 1.95. The first kappa shape index (κ1) is 12.3. The van der Waals surface area contributed by atoms with Gasteiger partial charge in [0, 0.05) is 25.9 Å². The maximum atomic E-state index is 4.78. The molecule has 3 heterocycles. The number of hydrogen-bond donors (Lipinski definition) is 1. The molecule has 0 radical (unpaired) electrons. The highest BCUT2D eigenvalue weighted by Crippen LogP contribution is 2.29. The molecule has 1 aliphatic heterocycles. The zero-order valence-electron chi connectivity index (χ0n) is 11.8. The van der Waals surface area contributed by atoms with Crippen LogP contribution in [-0.2, 0) is 13.5 Å². The standard InChI is InChI=1S/C14H21N5/c1-10(2)8-11-9-14-15-6-4-13(19(14)17-11)12-5-7-16-18(12)3/h5,7,9-10,13,15H,4,6,8H2,1-3H3. The lowest BCUT2D eigenvalue weighted by Crippen LogP contribution is -2.25. The molecule has 0 bridgehead atoms. The van der Waals surface area contributed by atoms with Crippen LogP contribution in [0, 0.1) is 5.92 Å². The van der Waals surface area contributed by atoms with E-state index in [0.29, 0.717) is 12.0 Å². The second kappa shape index (κ2) is 4.72. The number of aromatic nitrogens is 4. The van der Waals surface area contributed by atoms with Crippen molar-refractivity contribution in [2.75, 3.05) is 11.9 Å². The van der Waals surface area contributed by atoms with E-state index in [9.17, 15) is 0 Å². The van der Waals surface area contributed by atoms with Gasteiger partial charge in [-0.25, -0.2) is 4.68 Å². The molecule has 1 aliphatic rings. The van der Waals surface area contributed by atoms with Gasteiger partial charge in [0.05, 0.1) is 17.4 Å². The molecule has 3 rings (SSSR count). The molecule has 0 amide bonds. The molecule has 0 spiro atoms. The van der Waals surface area contributed by atoms with Crippen LogP contribution in [0.1, 0.15) is 37.7 Å². The summed E-state index contributed by atoms with van der Waals surface area (Å²) >= 11 is 0. The van der Waals surface area contributed by atoms with Gasteiger partial charge in [-0.3, -0.25) is 4.68 Å². The van der Waals surface area contributed by atoms with Crippen LogP contribution in [0.25, 0.3) is 0 Å². The van der Waals surface area contributed by atoms with Crippen LogP contribution in [0.4, 0.5) is 5.82 Å². The lowest BCUT2D eigenvalue weighted by molar-refractivity contribution is 0.447. The number of hydrogen-bond acceptors (Lipinski definition) is 3. The summed E-state index contributed by atoms with van der Waals surface area (Å²) in [5, 5.41) is 12.5. The number of aryl methyl sites for hydroxylation is 1. The molecule has 19 heavy (non-hydrogen) atoms. The summed E-state index contributed by atoms with van der Waals surface area (Å²) in [6.45, 7) is 5.44. The quantitative estimate of drug-likeness (QED) is 0.919. The van der Waals surface area contributed by atoms with Gasteiger partial charge in [0.15, 0.2) is 0 Å². The van der Waals surface area contributed by atoms with E-state index in [1.165, 1.54) is 11.4 Å². The molecule has 2 aromatic heterocycles. The maximum Gasteiger partial charge on any atom is 0.125 e. The van der Waals surface area contributed by atoms with Crippen LogP contribution < -0.4 is 5.32 Å². The number of rotatable bonds is 3. The average molecular weight is 259 g/mol. The minimum Gasteiger partial charge on any atom is -0.370 e. The Morgan fingerprint density at radius 2 is 2.32 bits per heavy atom. The summed E-state index contributed by atoms with van der Waals surface area (Å²) in [6.07, 6.45) is 3.94. The molecule has 102 valence electrons. The Kier molecular flexibility index (Phi) is 3.05. The summed E-state index contributed by atoms with van der Waals surface area (Å²) in [4.78, 5) is 0. The third-order valence-electron chi connectivity index (χ3n) is 3.62. The first-order chi connectivity index (χ1) is 9.15. The van der Waals surface area contributed by atoms with Crippen LogP contribution >= 0.6 is 0 Å². The fourth-order valence-electron chi connectivity index (χ4n) is 2.78. The summed E-state index contributed by atoms with van der Waals surface area (Å²) < 4.78 is 4.07. The van der Waals surface area contributed by atoms with E-state index >= 15 is 0 Å². The highest BCUT2D eigenvalue weighted by atomic mass is 15.4. The minimum atomic E-state index is 0.296. The molecule has 0 aliphatic carbocycles. The van der Waals surface area contributed by atoms with Crippen molar-refractivity contribution in [3.05, 3.63) is 29.7 Å². The predicted molar refractivity (Wildman–Crippen MR) is 75.2 cm³/mol. The SMILES string of the molecule is CC(C)Cc1cc2n(n1)C(c1ccnn1C)CCN2. The molecule has 0 saturated carbocycles. The van der Waals surface area contributed by atoms with Gasteiger partial charge in [0.25, 0.3) is 0 Å². The van der Waals surface area contributed by atoms with Gasteiger partial charge >= 0.3 is 0 Å². The van der Waals surface area contributed by atoms with Gasteiger partial charge in [0.2, 0.25) is 0 Å². The second-order valence-electron chi connectivity index (χ2n) is 5.67. The minimum absolute atomic E-state index is 0.296. The number of nitrogens with one attached hydrogen (secondary N) is 1. The highest BCUT2D eigenvalue weighted by molar-refractivity contribution is 5.40. The molecule has 1 N–H and O–H groups in total. The first-order valence-electron chi connectivity index (χ1n) is 6.95. The Labute approximate surface area is 113 Å². The molecule has 0 fully saturated rings. The molecule has 2 aromatic rings. The van der Waals surface area contributed by atoms with E-state index in [1.807, 2.05) is 17.9 Å². The van der Waals surface area contributed by atoms with Crippen LogP contribution in [0.2, 0.25) is 0 Å². The highest BCUT2D eigenvalue weighted by Gasteiger charge is 2.25. The van der Waals surface area contributed by atoms with E-state index in [2.05, 4.69) is 41.1 Å². The molecule has 0 aromatic carbocycles. The summed E-state index contributed by atoms with van der Waals surface area (Å²) in [5.74, 6) is 1.76. The van der Waals surface area contributed by atoms with Crippen LogP contribution in [0.5, 0.6) is 0 Å². The summed E-state index contributed by atoms with van der Waals surface area (Å²) in [5.41, 5.74) is 2.40. The Morgan fingerprint density at radius 3 is 3.00 bits per heavy atom. The Morgan fingerprint density at radius 1 is 1.47 bits per heavy atom. The fourth-order valence-corrected chi connectivity index (χ4v) is 2.78. The van der Waals surface area contributed by atoms with Crippen molar-refractivity contribution >= 4 is 5.82 Å². The van der Waals surface area contributed by atoms with E-state index in [-0.39, 0.29) is 0 Å². The van der Waals surface area contributed by atoms with Crippen molar-refractivity contribution in [3.8, 4) is 0 Å². The van der Waals surface area contributed by atoms with Crippen molar-refractivity contribution in [1.29, 1.82) is 0 Å². The normalized spacial score (nSPS) is 18.4. The number of anilines is 1. The van der Waals surface area contributed by atoms with Gasteiger partial charge in [-0.05, 0) is 24.8 Å². The Hall–Kier alpha value is -1.78. The molecule has 0 saturated heterocycles. The van der Waals surface area contributed by atoms with E-state index < -0.39 is 0 Å². The number of fused-ring (bicyclic) bond motifs is 1. The van der Waals surface area contributed by atoms with Crippen molar-refractivity contribution in [3.63, 3.8) is 0 Å². The van der Waals surface area contributed by atoms with E-state index in [0.717, 1.165) is 25.2 Å². The average Bonchev–Trinajstić information content (AvgIpc) is 2.93. The van der Waals surface area contributed by atoms with Gasteiger partial charge in [0.1, 0.15) is 5.82 Å². The lowest BCUT2D eigenvalue weighted by atomic mass is 10.1. The fraction of sp³-hybridized carbons (Fsp3) is 0.571. The van der Waals surface area contributed by atoms with E-state index in [1.54, 1.807) is 0 Å².